The SMILES string of the molecule is Cc1ccc(-c2c(C3c4ccccc4C(=O)N3CC(=O)NNC(=O)c3cc4cc(Oc5ccc6c(c5)OCO6)ccc4[nH]3)c3ccccc3n2C)cc1. The van der Waals surface area contributed by atoms with Crippen molar-refractivity contribution in [2.45, 2.75) is 13.0 Å². The van der Waals surface area contributed by atoms with Gasteiger partial charge in [-0.2, -0.15) is 0 Å². The fraction of sp³-hybridized carbons (Fsp3) is 0.119. The largest absolute Gasteiger partial charge is 0.457 e. The first-order valence-electron chi connectivity index (χ1n) is 17.2. The number of H-pyrrole nitrogens is 1. The Morgan fingerprint density at radius 1 is 0.849 bits per heavy atom. The van der Waals surface area contributed by atoms with E-state index in [0.717, 1.165) is 44.2 Å². The Bertz CT molecular complexity index is 2610. The number of carbonyl (C=O) groups is 3. The predicted molar refractivity (Wildman–Crippen MR) is 199 cm³/mol. The Kier molecular flexibility index (Phi) is 7.62. The normalized spacial score (nSPS) is 14.5. The number of aromatic nitrogens is 2. The number of benzene rings is 5. The summed E-state index contributed by atoms with van der Waals surface area (Å²) >= 11 is 0. The molecule has 262 valence electrons. The zero-order chi connectivity index (χ0) is 36.2. The van der Waals surface area contributed by atoms with Crippen LogP contribution in [0.3, 0.4) is 0 Å². The van der Waals surface area contributed by atoms with E-state index in [2.05, 4.69) is 56.8 Å². The van der Waals surface area contributed by atoms with Crippen LogP contribution in [0.5, 0.6) is 23.0 Å². The van der Waals surface area contributed by atoms with Crippen LogP contribution < -0.4 is 25.1 Å². The third kappa shape index (κ3) is 5.59. The molecule has 0 bridgehead atoms. The van der Waals surface area contributed by atoms with E-state index in [1.807, 2.05) is 50.4 Å². The van der Waals surface area contributed by atoms with Crippen molar-refractivity contribution >= 4 is 39.5 Å². The van der Waals surface area contributed by atoms with Crippen molar-refractivity contribution in [1.82, 2.24) is 25.3 Å². The highest BCUT2D eigenvalue weighted by atomic mass is 16.7. The molecule has 1 atom stereocenters. The standard InChI is InChI=1S/C42H33N5O6/c1-24-11-13-25(14-12-24)39-38(31-9-5-6-10-34(31)46(39)2)40-29-7-3-4-8-30(29)42(50)47(40)22-37(48)44-45-41(49)33-20-26-19-27(15-17-32(26)43-33)53-28-16-18-35-36(21-28)52-23-51-35/h3-21,40,43H,22-23H2,1-2H3,(H,44,48)(H,45,49). The molecule has 0 fully saturated rings. The van der Waals surface area contributed by atoms with E-state index in [-0.39, 0.29) is 24.9 Å². The van der Waals surface area contributed by atoms with Gasteiger partial charge in [0, 0.05) is 46.0 Å². The maximum atomic E-state index is 14.0. The van der Waals surface area contributed by atoms with Gasteiger partial charge in [-0.25, -0.2) is 0 Å². The monoisotopic (exact) mass is 703 g/mol. The Hall–Kier alpha value is -7.01. The molecule has 7 aromatic rings. The maximum absolute atomic E-state index is 14.0. The molecule has 11 nitrogen and oxygen atoms in total. The molecular weight excluding hydrogens is 670 g/mol. The predicted octanol–water partition coefficient (Wildman–Crippen LogP) is 7.16. The van der Waals surface area contributed by atoms with Crippen LogP contribution in [0, 0.1) is 6.92 Å². The molecule has 3 amide bonds. The molecule has 2 aliphatic heterocycles. The first-order valence-corrected chi connectivity index (χ1v) is 17.2. The highest BCUT2D eigenvalue weighted by molar-refractivity contribution is 6.04. The molecule has 0 aliphatic carbocycles. The maximum Gasteiger partial charge on any atom is 0.286 e. The number of aromatic amines is 1. The zero-order valence-electron chi connectivity index (χ0n) is 28.8. The van der Waals surface area contributed by atoms with Crippen LogP contribution in [0.25, 0.3) is 33.1 Å². The number of hydrogen-bond acceptors (Lipinski definition) is 6. The topological polar surface area (TPSA) is 127 Å². The van der Waals surface area contributed by atoms with Crippen LogP contribution in [-0.2, 0) is 11.8 Å². The smallest absolute Gasteiger partial charge is 0.286 e. The number of aryl methyl sites for hydroxylation is 2. The van der Waals surface area contributed by atoms with Crippen LogP contribution in [0.2, 0.25) is 0 Å². The lowest BCUT2D eigenvalue weighted by molar-refractivity contribution is -0.122. The van der Waals surface area contributed by atoms with Crippen LogP contribution in [0.1, 0.15) is 43.6 Å². The summed E-state index contributed by atoms with van der Waals surface area (Å²) in [6, 6.07) is 35.7. The summed E-state index contributed by atoms with van der Waals surface area (Å²) in [5.41, 5.74) is 12.4. The third-order valence-electron chi connectivity index (χ3n) is 9.85. The summed E-state index contributed by atoms with van der Waals surface area (Å²) in [5.74, 6) is 1.07. The van der Waals surface area contributed by atoms with Crippen molar-refractivity contribution < 1.29 is 28.6 Å². The van der Waals surface area contributed by atoms with Gasteiger partial charge in [-0.05, 0) is 66.6 Å². The number of fused-ring (bicyclic) bond motifs is 4. The fourth-order valence-corrected chi connectivity index (χ4v) is 7.37. The number of ether oxygens (including phenoxy) is 3. The molecule has 53 heavy (non-hydrogen) atoms. The van der Waals surface area contributed by atoms with Crippen molar-refractivity contribution in [3.63, 3.8) is 0 Å². The molecule has 9 rings (SSSR count). The van der Waals surface area contributed by atoms with Crippen LogP contribution in [0.4, 0.5) is 0 Å². The van der Waals surface area contributed by atoms with Gasteiger partial charge in [0.2, 0.25) is 6.79 Å². The molecule has 3 N–H and O–H groups in total. The molecule has 4 heterocycles. The second kappa shape index (κ2) is 12.6. The highest BCUT2D eigenvalue weighted by Crippen LogP contribution is 2.46. The van der Waals surface area contributed by atoms with Gasteiger partial charge in [-0.3, -0.25) is 25.2 Å². The van der Waals surface area contributed by atoms with Crippen LogP contribution >= 0.6 is 0 Å². The van der Waals surface area contributed by atoms with Crippen molar-refractivity contribution in [2.75, 3.05) is 13.3 Å². The van der Waals surface area contributed by atoms with Gasteiger partial charge >= 0.3 is 0 Å². The minimum atomic E-state index is -0.551. The van der Waals surface area contributed by atoms with Crippen molar-refractivity contribution in [3.8, 4) is 34.3 Å². The number of nitrogens with one attached hydrogen (secondary N) is 3. The first-order chi connectivity index (χ1) is 25.8. The molecule has 0 saturated carbocycles. The number of nitrogens with zero attached hydrogens (tertiary/aromatic N) is 2. The molecular formula is C42H33N5O6. The molecule has 0 saturated heterocycles. The summed E-state index contributed by atoms with van der Waals surface area (Å²) in [6.45, 7) is 1.93. The van der Waals surface area contributed by atoms with E-state index in [9.17, 15) is 14.4 Å². The number of rotatable bonds is 7. The molecule has 2 aliphatic rings. The van der Waals surface area contributed by atoms with Crippen molar-refractivity contribution in [1.29, 1.82) is 0 Å². The van der Waals surface area contributed by atoms with Gasteiger partial charge < -0.3 is 28.7 Å². The van der Waals surface area contributed by atoms with E-state index >= 15 is 0 Å². The minimum Gasteiger partial charge on any atom is -0.457 e. The van der Waals surface area contributed by atoms with Crippen LogP contribution in [-0.4, -0.2) is 45.5 Å². The average molecular weight is 704 g/mol. The zero-order valence-corrected chi connectivity index (χ0v) is 28.8. The molecule has 1 unspecified atom stereocenters. The lowest BCUT2D eigenvalue weighted by Gasteiger charge is -2.26. The van der Waals surface area contributed by atoms with Crippen LogP contribution in [0.15, 0.2) is 115 Å². The van der Waals surface area contributed by atoms with E-state index < -0.39 is 17.9 Å². The van der Waals surface area contributed by atoms with Gasteiger partial charge in [0.25, 0.3) is 17.7 Å². The van der Waals surface area contributed by atoms with E-state index in [4.69, 9.17) is 14.2 Å². The molecule has 0 radical (unpaired) electrons. The Morgan fingerprint density at radius 2 is 1.60 bits per heavy atom. The molecule has 5 aromatic carbocycles. The molecule has 11 heteroatoms. The quantitative estimate of drug-likeness (QED) is 0.151. The van der Waals surface area contributed by atoms with E-state index in [1.165, 1.54) is 0 Å². The lowest BCUT2D eigenvalue weighted by Crippen LogP contribution is -2.47. The second-order valence-electron chi connectivity index (χ2n) is 13.2. The van der Waals surface area contributed by atoms with Gasteiger partial charge in [0.05, 0.1) is 11.7 Å². The Morgan fingerprint density at radius 3 is 2.47 bits per heavy atom. The fourth-order valence-electron chi connectivity index (χ4n) is 7.37. The number of hydrazine groups is 1. The third-order valence-corrected chi connectivity index (χ3v) is 9.85. The van der Waals surface area contributed by atoms with Crippen molar-refractivity contribution in [3.05, 3.63) is 143 Å². The average Bonchev–Trinajstić information content (AvgIpc) is 3.94. The summed E-state index contributed by atoms with van der Waals surface area (Å²) in [6.07, 6.45) is 0. The second-order valence-corrected chi connectivity index (χ2v) is 13.2. The minimum absolute atomic E-state index is 0.172. The Balaban J connectivity index is 0.956. The number of hydrogen-bond donors (Lipinski definition) is 3. The summed E-state index contributed by atoms with van der Waals surface area (Å²) < 4.78 is 19.0. The molecule has 0 spiro atoms. The number of amides is 3. The van der Waals surface area contributed by atoms with E-state index in [1.54, 1.807) is 47.4 Å². The lowest BCUT2D eigenvalue weighted by atomic mass is 9.93. The number of para-hydroxylation sites is 1. The summed E-state index contributed by atoms with van der Waals surface area (Å²) in [4.78, 5) is 45.5. The summed E-state index contributed by atoms with van der Waals surface area (Å²) in [5, 5.41) is 1.73. The van der Waals surface area contributed by atoms with Gasteiger partial charge in [0.1, 0.15) is 23.7 Å². The highest BCUT2D eigenvalue weighted by Gasteiger charge is 2.41. The van der Waals surface area contributed by atoms with Gasteiger partial charge in [-0.1, -0.05) is 66.2 Å². The summed E-state index contributed by atoms with van der Waals surface area (Å²) in [7, 11) is 2.02. The van der Waals surface area contributed by atoms with Crippen molar-refractivity contribution in [2.24, 2.45) is 7.05 Å². The molecule has 2 aromatic heterocycles. The van der Waals surface area contributed by atoms with Gasteiger partial charge in [-0.15, -0.1) is 0 Å². The first kappa shape index (κ1) is 31.9. The van der Waals surface area contributed by atoms with E-state index in [0.29, 0.717) is 34.1 Å². The Labute approximate surface area is 303 Å². The van der Waals surface area contributed by atoms with Gasteiger partial charge in [0.15, 0.2) is 11.5 Å². The number of carbonyl (C=O) groups excluding carboxylic acids is 3.